The number of benzene rings is 2. The zero-order chi connectivity index (χ0) is 17.0. The van der Waals surface area contributed by atoms with E-state index in [1.165, 1.54) is 0 Å². The first-order chi connectivity index (χ1) is 10.9. The standard InChI is InChI=1S/C16H14Cl2F2N2O/c1-9(10-2-4-12(17)13(18)6-10)22-16(23)8-21-15-7-11(19)3-5-14(15)20/h2-7,9,21H,8H2,1H3,(H,22,23). The fourth-order valence-corrected chi connectivity index (χ4v) is 2.27. The molecular weight excluding hydrogens is 345 g/mol. The number of carbonyl (C=O) groups excluding carboxylic acids is 1. The van der Waals surface area contributed by atoms with Gasteiger partial charge in [0, 0.05) is 0 Å². The van der Waals surface area contributed by atoms with Crippen LogP contribution in [-0.2, 0) is 4.79 Å². The Morgan fingerprint density at radius 1 is 1.13 bits per heavy atom. The number of nitrogens with one attached hydrogen (secondary N) is 2. The van der Waals surface area contributed by atoms with Crippen LogP contribution in [0.2, 0.25) is 10.0 Å². The van der Waals surface area contributed by atoms with Gasteiger partial charge in [0.15, 0.2) is 0 Å². The summed E-state index contributed by atoms with van der Waals surface area (Å²) >= 11 is 11.8. The minimum atomic E-state index is -0.628. The Morgan fingerprint density at radius 3 is 2.57 bits per heavy atom. The number of halogens is 4. The van der Waals surface area contributed by atoms with Crippen LogP contribution < -0.4 is 10.6 Å². The molecule has 1 amide bonds. The maximum atomic E-state index is 13.4. The summed E-state index contributed by atoms with van der Waals surface area (Å²) in [7, 11) is 0. The maximum absolute atomic E-state index is 13.4. The molecule has 2 aromatic carbocycles. The quantitative estimate of drug-likeness (QED) is 0.822. The summed E-state index contributed by atoms with van der Waals surface area (Å²) < 4.78 is 26.5. The van der Waals surface area contributed by atoms with Gasteiger partial charge in [-0.3, -0.25) is 4.79 Å². The highest BCUT2D eigenvalue weighted by atomic mass is 35.5. The molecule has 0 aliphatic heterocycles. The van der Waals surface area contributed by atoms with Gasteiger partial charge in [-0.15, -0.1) is 0 Å². The maximum Gasteiger partial charge on any atom is 0.239 e. The number of anilines is 1. The molecule has 0 bridgehead atoms. The van der Waals surface area contributed by atoms with E-state index >= 15 is 0 Å². The lowest BCUT2D eigenvalue weighted by atomic mass is 10.1. The Hall–Kier alpha value is -1.85. The number of carbonyl (C=O) groups is 1. The van der Waals surface area contributed by atoms with Crippen LogP contribution in [0, 0.1) is 11.6 Å². The molecule has 0 aliphatic carbocycles. The Labute approximate surface area is 142 Å². The van der Waals surface area contributed by atoms with E-state index in [0.29, 0.717) is 10.0 Å². The van der Waals surface area contributed by atoms with Crippen LogP contribution in [0.15, 0.2) is 36.4 Å². The molecule has 3 nitrogen and oxygen atoms in total. The van der Waals surface area contributed by atoms with Gasteiger partial charge in [0.25, 0.3) is 0 Å². The van der Waals surface area contributed by atoms with Gasteiger partial charge in [-0.05, 0) is 42.8 Å². The van der Waals surface area contributed by atoms with Gasteiger partial charge in [0.05, 0.1) is 28.3 Å². The molecule has 1 unspecified atom stereocenters. The Morgan fingerprint density at radius 2 is 1.87 bits per heavy atom. The van der Waals surface area contributed by atoms with Crippen molar-refractivity contribution in [2.24, 2.45) is 0 Å². The van der Waals surface area contributed by atoms with Crippen molar-refractivity contribution in [1.29, 1.82) is 0 Å². The van der Waals surface area contributed by atoms with Crippen LogP contribution in [0.1, 0.15) is 18.5 Å². The van der Waals surface area contributed by atoms with Crippen molar-refractivity contribution in [3.63, 3.8) is 0 Å². The highest BCUT2D eigenvalue weighted by molar-refractivity contribution is 6.42. The molecule has 0 aromatic heterocycles. The molecule has 0 fully saturated rings. The summed E-state index contributed by atoms with van der Waals surface area (Å²) in [5, 5.41) is 6.11. The summed E-state index contributed by atoms with van der Waals surface area (Å²) in [5.74, 6) is -1.58. The first-order valence-corrected chi connectivity index (χ1v) is 7.55. The van der Waals surface area contributed by atoms with Crippen LogP contribution in [-0.4, -0.2) is 12.5 Å². The fourth-order valence-electron chi connectivity index (χ4n) is 1.97. The molecule has 0 spiro atoms. The minimum Gasteiger partial charge on any atom is -0.374 e. The Bertz CT molecular complexity index is 725. The second kappa shape index (κ2) is 7.62. The van der Waals surface area contributed by atoms with Crippen LogP contribution in [0.5, 0.6) is 0 Å². The van der Waals surface area contributed by atoms with Gasteiger partial charge in [-0.2, -0.15) is 0 Å². The monoisotopic (exact) mass is 358 g/mol. The Balaban J connectivity index is 1.93. The molecule has 2 rings (SSSR count). The van der Waals surface area contributed by atoms with E-state index in [-0.39, 0.29) is 24.2 Å². The molecule has 1 atom stereocenters. The van der Waals surface area contributed by atoms with Crippen molar-refractivity contribution in [3.05, 3.63) is 63.6 Å². The third kappa shape index (κ3) is 4.81. The molecule has 0 saturated carbocycles. The van der Waals surface area contributed by atoms with Crippen molar-refractivity contribution in [2.45, 2.75) is 13.0 Å². The second-order valence-electron chi connectivity index (χ2n) is 4.94. The SMILES string of the molecule is CC(NC(=O)CNc1cc(F)ccc1F)c1ccc(Cl)c(Cl)c1. The van der Waals surface area contributed by atoms with E-state index in [1.807, 2.05) is 0 Å². The van der Waals surface area contributed by atoms with Gasteiger partial charge in [0.1, 0.15) is 11.6 Å². The van der Waals surface area contributed by atoms with Crippen molar-refractivity contribution in [3.8, 4) is 0 Å². The van der Waals surface area contributed by atoms with E-state index in [4.69, 9.17) is 23.2 Å². The average Bonchev–Trinajstić information content (AvgIpc) is 2.50. The molecule has 2 aromatic rings. The number of rotatable bonds is 5. The number of hydrogen-bond acceptors (Lipinski definition) is 2. The summed E-state index contributed by atoms with van der Waals surface area (Å²) in [5.41, 5.74) is 0.715. The van der Waals surface area contributed by atoms with Crippen molar-refractivity contribution < 1.29 is 13.6 Å². The van der Waals surface area contributed by atoms with Crippen molar-refractivity contribution >= 4 is 34.8 Å². The van der Waals surface area contributed by atoms with Gasteiger partial charge in [-0.25, -0.2) is 8.78 Å². The predicted octanol–water partition coefficient (Wildman–Crippen LogP) is 4.56. The summed E-state index contributed by atoms with van der Waals surface area (Å²) in [4.78, 5) is 11.9. The molecule has 7 heteroatoms. The molecule has 0 heterocycles. The van der Waals surface area contributed by atoms with Gasteiger partial charge in [0.2, 0.25) is 5.91 Å². The third-order valence-electron chi connectivity index (χ3n) is 3.19. The van der Waals surface area contributed by atoms with E-state index in [9.17, 15) is 13.6 Å². The van der Waals surface area contributed by atoms with Gasteiger partial charge < -0.3 is 10.6 Å². The normalized spacial score (nSPS) is 11.9. The molecule has 2 N–H and O–H groups in total. The van der Waals surface area contributed by atoms with Crippen LogP contribution in [0.3, 0.4) is 0 Å². The molecule has 122 valence electrons. The zero-order valence-corrected chi connectivity index (χ0v) is 13.7. The van der Waals surface area contributed by atoms with E-state index in [1.54, 1.807) is 25.1 Å². The predicted molar refractivity (Wildman–Crippen MR) is 87.9 cm³/mol. The highest BCUT2D eigenvalue weighted by Crippen LogP contribution is 2.25. The molecule has 23 heavy (non-hydrogen) atoms. The zero-order valence-electron chi connectivity index (χ0n) is 12.2. The van der Waals surface area contributed by atoms with E-state index in [0.717, 1.165) is 23.8 Å². The fraction of sp³-hybridized carbons (Fsp3) is 0.188. The van der Waals surface area contributed by atoms with Crippen molar-refractivity contribution in [1.82, 2.24) is 5.32 Å². The first kappa shape index (κ1) is 17.5. The number of amides is 1. The van der Waals surface area contributed by atoms with Gasteiger partial charge in [-0.1, -0.05) is 29.3 Å². The first-order valence-electron chi connectivity index (χ1n) is 6.80. The van der Waals surface area contributed by atoms with E-state index in [2.05, 4.69) is 10.6 Å². The Kier molecular flexibility index (Phi) is 5.80. The second-order valence-corrected chi connectivity index (χ2v) is 5.75. The lowest BCUT2D eigenvalue weighted by Gasteiger charge is -2.16. The molecule has 0 radical (unpaired) electrons. The third-order valence-corrected chi connectivity index (χ3v) is 3.93. The molecule has 0 saturated heterocycles. The van der Waals surface area contributed by atoms with Crippen LogP contribution >= 0.6 is 23.2 Å². The van der Waals surface area contributed by atoms with Crippen LogP contribution in [0.25, 0.3) is 0 Å². The summed E-state index contributed by atoms with van der Waals surface area (Å²) in [6.45, 7) is 1.59. The lowest BCUT2D eigenvalue weighted by molar-refractivity contribution is -0.120. The topological polar surface area (TPSA) is 41.1 Å². The van der Waals surface area contributed by atoms with Gasteiger partial charge >= 0.3 is 0 Å². The lowest BCUT2D eigenvalue weighted by Crippen LogP contribution is -2.32. The van der Waals surface area contributed by atoms with E-state index < -0.39 is 11.6 Å². The average molecular weight is 359 g/mol. The van der Waals surface area contributed by atoms with Crippen molar-refractivity contribution in [2.75, 3.05) is 11.9 Å². The highest BCUT2D eigenvalue weighted by Gasteiger charge is 2.12. The van der Waals surface area contributed by atoms with Crippen LogP contribution in [0.4, 0.5) is 14.5 Å². The molecule has 0 aliphatic rings. The minimum absolute atomic E-state index is 0.0673. The smallest absolute Gasteiger partial charge is 0.239 e. The summed E-state index contributed by atoms with van der Waals surface area (Å²) in [6, 6.07) is 7.73. The number of hydrogen-bond donors (Lipinski definition) is 2. The molecular formula is C16H14Cl2F2N2O. The largest absolute Gasteiger partial charge is 0.374 e. The summed E-state index contributed by atoms with van der Waals surface area (Å²) in [6.07, 6.45) is 0.